The molecule has 14 rings (SSSR count). The third-order valence-electron chi connectivity index (χ3n) is 21.9. The fraction of sp³-hybridized carbons (Fsp3) is 0.267. The van der Waals surface area contributed by atoms with Crippen molar-refractivity contribution in [3.05, 3.63) is 295 Å². The minimum atomic E-state index is -5.97. The molecule has 0 unspecified atom stereocenters. The molecule has 10 nitrogen and oxygen atoms in total. The van der Waals surface area contributed by atoms with Crippen LogP contribution in [-0.4, -0.2) is 59.8 Å². The van der Waals surface area contributed by atoms with Crippen LogP contribution in [0.1, 0.15) is 140 Å². The Morgan fingerprint density at radius 3 is 0.702 bits per heavy atom. The molecule has 4 aliphatic rings. The van der Waals surface area contributed by atoms with Crippen LogP contribution in [0.25, 0.3) is 0 Å². The zero-order valence-electron chi connectivity index (χ0n) is 66.8. The minimum Gasteiger partial charge on any atom is -0.644 e. The van der Waals surface area contributed by atoms with E-state index in [4.69, 9.17) is 28.3 Å². The minimum absolute atomic E-state index is 0.115. The summed E-state index contributed by atoms with van der Waals surface area (Å²) in [7, 11) is 0. The number of hydrogen-bond donors (Lipinski definition) is 0. The van der Waals surface area contributed by atoms with Crippen molar-refractivity contribution in [3.63, 3.8) is 0 Å². The van der Waals surface area contributed by atoms with Gasteiger partial charge in [-0.2, -0.15) is 0 Å². The molecule has 8 aromatic carbocycles. The van der Waals surface area contributed by atoms with E-state index < -0.39 is 185 Å². The SMILES string of the molecule is CCCCCCOc1ccc(N(c2ccc(OCCCCCC)cc2)c2ccc(C3=[N+]4C(=C(C5=C6C=CC(c7ccc(N(c8ccc(OCCCCCC)cc8)c8ccc(OCCCCCC)cc8)s7)=[N+]6[B-](c6c(F)c(F)c(F)c(F)c6F)(c6c(F)c(F)c(F)c(F)c6F)O5)O[B-]4(c4c(F)c(F)c(F)c(F)c4F)c4c(F)c(F)c(F)c(F)c4F)C=C3)s2)cc1. The molecule has 0 spiro atoms. The van der Waals surface area contributed by atoms with Crippen LogP contribution in [0.15, 0.2) is 169 Å². The van der Waals surface area contributed by atoms with Crippen LogP contribution in [0.3, 0.4) is 0 Å². The lowest BCUT2D eigenvalue weighted by Crippen LogP contribution is -2.71. The third kappa shape index (κ3) is 16.2. The van der Waals surface area contributed by atoms with E-state index >= 15 is 87.8 Å². The number of benzene rings is 8. The number of halogens is 20. The molecular weight excluding hydrogens is 1700 g/mol. The number of allylic oxidation sites excluding steroid dienone is 4. The fourth-order valence-electron chi connectivity index (χ4n) is 15.9. The average Bonchev–Trinajstić information content (AvgIpc) is 1.50. The first-order valence-corrected chi connectivity index (χ1v) is 42.0. The third-order valence-corrected chi connectivity index (χ3v) is 24.1. The van der Waals surface area contributed by atoms with Crippen molar-refractivity contribution in [1.82, 2.24) is 0 Å². The van der Waals surface area contributed by atoms with E-state index in [0.717, 1.165) is 101 Å². The molecule has 0 atom stereocenters. The van der Waals surface area contributed by atoms with Gasteiger partial charge in [0, 0.05) is 47.1 Å². The van der Waals surface area contributed by atoms with Crippen molar-refractivity contribution >= 4 is 102 Å². The van der Waals surface area contributed by atoms with E-state index in [9.17, 15) is 0 Å². The molecule has 6 heterocycles. The molecular formula is C90H76B2F20N4O6S2. The van der Waals surface area contributed by atoms with E-state index in [0.29, 0.717) is 121 Å². The Morgan fingerprint density at radius 1 is 0.266 bits per heavy atom. The molecule has 0 aliphatic carbocycles. The van der Waals surface area contributed by atoms with Gasteiger partial charge in [-0.1, -0.05) is 105 Å². The molecule has 0 saturated carbocycles. The van der Waals surface area contributed by atoms with Gasteiger partial charge in [-0.05, 0) is 169 Å². The van der Waals surface area contributed by atoms with Gasteiger partial charge in [0.1, 0.15) is 79.5 Å². The summed E-state index contributed by atoms with van der Waals surface area (Å²) in [6.07, 6.45) is 17.1. The number of ether oxygens (including phenoxy) is 4. The number of thiophene rings is 2. The van der Waals surface area contributed by atoms with E-state index in [1.54, 1.807) is 107 Å². The molecule has 0 radical (unpaired) electrons. The lowest BCUT2D eigenvalue weighted by molar-refractivity contribution is -0.327. The Balaban J connectivity index is 1.04. The highest BCUT2D eigenvalue weighted by Crippen LogP contribution is 2.50. The monoisotopic (exact) mass is 1770 g/mol. The predicted molar refractivity (Wildman–Crippen MR) is 435 cm³/mol. The molecule has 124 heavy (non-hydrogen) atoms. The van der Waals surface area contributed by atoms with Crippen molar-refractivity contribution in [2.24, 2.45) is 0 Å². The summed E-state index contributed by atoms with van der Waals surface area (Å²) in [4.78, 5) is 2.53. The number of rotatable bonds is 37. The van der Waals surface area contributed by atoms with Crippen LogP contribution in [0.4, 0.5) is 121 Å². The first-order valence-electron chi connectivity index (χ1n) is 40.4. The molecule has 0 N–H and O–H groups in total. The van der Waals surface area contributed by atoms with Crippen LogP contribution in [0, 0.1) is 116 Å². The maximum atomic E-state index is 17.8. The second-order valence-corrected chi connectivity index (χ2v) is 31.9. The summed E-state index contributed by atoms with van der Waals surface area (Å²) in [5.74, 6) is -62.3. The maximum absolute atomic E-state index is 17.8. The highest BCUT2D eigenvalue weighted by atomic mass is 32.1. The topological polar surface area (TPSA) is 67.9 Å². The molecule has 0 fully saturated rings. The molecule has 4 aliphatic heterocycles. The van der Waals surface area contributed by atoms with Gasteiger partial charge in [-0.25, -0.2) is 87.8 Å². The van der Waals surface area contributed by atoms with Gasteiger partial charge in [0.15, 0.2) is 104 Å². The second kappa shape index (κ2) is 37.6. The van der Waals surface area contributed by atoms with Crippen molar-refractivity contribution in [3.8, 4) is 23.0 Å². The Bertz CT molecular complexity index is 5220. The predicted octanol–water partition coefficient (Wildman–Crippen LogP) is 23.8. The number of fused-ring (bicyclic) bond motifs is 2. The number of anilines is 6. The average molecular weight is 1780 g/mol. The van der Waals surface area contributed by atoms with Crippen LogP contribution in [0.5, 0.6) is 23.0 Å². The summed E-state index contributed by atoms with van der Waals surface area (Å²) in [6, 6.07) is 31.2. The van der Waals surface area contributed by atoms with Gasteiger partial charge in [-0.3, -0.25) is 0 Å². The first kappa shape index (κ1) is 88.9. The van der Waals surface area contributed by atoms with Crippen LogP contribution in [-0.2, 0) is 9.31 Å². The maximum Gasteiger partial charge on any atom is 0.526 e. The molecule has 0 saturated heterocycles. The van der Waals surface area contributed by atoms with Crippen molar-refractivity contribution in [2.75, 3.05) is 36.2 Å². The van der Waals surface area contributed by atoms with Gasteiger partial charge >= 0.3 is 13.0 Å². The van der Waals surface area contributed by atoms with Gasteiger partial charge in [0.2, 0.25) is 0 Å². The van der Waals surface area contributed by atoms with Crippen LogP contribution in [0.2, 0.25) is 0 Å². The molecule has 34 heteroatoms. The standard InChI is InChI=1S/C90H76B2F20N4O6S2/c1-5-9-13-17-45-117-53-29-21-49(22-30-53)113(50-23-31-54(32-24-50)118-46-18-14-10-6-2)63-43-41-61(123-63)57-37-39-59-89(121-91(115(57)59,65-69(93)77(101)85(109)78(102)70(65)94)66-71(95)79(103)86(110)80(104)72(66)96)90-60-40-38-58(116(60)92(122-90,67-73(97)81(105)87(111)82(106)74(67)98)68-75(99)83(107)88(112)84(108)76(68)100)62-42-44-64(124-62)114(51-25-33-55(34-26-51)119-47-19-15-11-7-3)52-27-35-56(36-28-52)120-48-20-16-12-8-4/h21-44H,5-20,45-48H2,1-4H3. The van der Waals surface area contributed by atoms with Gasteiger partial charge in [-0.15, -0.1) is 22.7 Å². The fourth-order valence-corrected chi connectivity index (χ4v) is 18.0. The number of hydrogen-bond acceptors (Lipinski definition) is 10. The Hall–Kier alpha value is -11.4. The lowest BCUT2D eigenvalue weighted by atomic mass is 9.40. The highest BCUT2D eigenvalue weighted by molar-refractivity contribution is 7.18. The number of unbranched alkanes of at least 4 members (excludes halogenated alkanes) is 12. The van der Waals surface area contributed by atoms with E-state index in [-0.39, 0.29) is 28.7 Å². The summed E-state index contributed by atoms with van der Waals surface area (Å²) in [6.45, 7) is -2.42. The largest absolute Gasteiger partial charge is 0.644 e. The van der Waals surface area contributed by atoms with Crippen LogP contribution >= 0.6 is 22.7 Å². The normalized spacial score (nSPS) is 14.4. The van der Waals surface area contributed by atoms with Crippen molar-refractivity contribution in [2.45, 2.75) is 130 Å². The highest BCUT2D eigenvalue weighted by Gasteiger charge is 2.68. The molecule has 0 amide bonds. The van der Waals surface area contributed by atoms with Gasteiger partial charge < -0.3 is 47.0 Å². The van der Waals surface area contributed by atoms with E-state index in [1.807, 2.05) is 27.7 Å². The van der Waals surface area contributed by atoms with Gasteiger partial charge in [0.05, 0.1) is 36.2 Å². The van der Waals surface area contributed by atoms with Crippen LogP contribution < -0.4 is 50.6 Å². The molecule has 2 aromatic heterocycles. The summed E-state index contributed by atoms with van der Waals surface area (Å²) < 4.78 is 376. The van der Waals surface area contributed by atoms with E-state index in [2.05, 4.69) is 0 Å². The van der Waals surface area contributed by atoms with Crippen molar-refractivity contribution in [1.29, 1.82) is 0 Å². The quantitative estimate of drug-likeness (QED) is 0.0125. The van der Waals surface area contributed by atoms with Gasteiger partial charge in [0.25, 0.3) is 0 Å². The Labute approximate surface area is 707 Å². The zero-order valence-corrected chi connectivity index (χ0v) is 68.4. The van der Waals surface area contributed by atoms with Crippen molar-refractivity contribution < 1.29 is 125 Å². The summed E-state index contributed by atoms with van der Waals surface area (Å²) >= 11 is 1.30. The summed E-state index contributed by atoms with van der Waals surface area (Å²) in [5.41, 5.74) is -12.9. The Kier molecular flexibility index (Phi) is 26.9. The molecule has 0 bridgehead atoms. The lowest BCUT2D eigenvalue weighted by Gasteiger charge is -2.36. The smallest absolute Gasteiger partial charge is 0.526 e. The second-order valence-electron chi connectivity index (χ2n) is 29.8. The molecule has 10 aromatic rings. The Morgan fingerprint density at radius 2 is 0.484 bits per heavy atom. The zero-order chi connectivity index (χ0) is 88.3. The number of nitrogens with zero attached hydrogens (tertiary/aromatic N) is 4. The van der Waals surface area contributed by atoms with E-state index in [1.165, 1.54) is 24.3 Å². The molecule has 650 valence electrons. The first-order chi connectivity index (χ1) is 59.7. The summed E-state index contributed by atoms with van der Waals surface area (Å²) in [5, 5.41) is 0.231.